The predicted molar refractivity (Wildman–Crippen MR) is 217 cm³/mol. The topological polar surface area (TPSA) is 25.8 Å². The summed E-state index contributed by atoms with van der Waals surface area (Å²) in [5.74, 6) is 0. The van der Waals surface area contributed by atoms with Gasteiger partial charge >= 0.3 is 0 Å². The van der Waals surface area contributed by atoms with Crippen LogP contribution in [0.3, 0.4) is 0 Å². The number of benzene rings is 8. The molecule has 0 N–H and O–H groups in total. The van der Waals surface area contributed by atoms with Crippen LogP contribution in [0.2, 0.25) is 0 Å². The Labute approximate surface area is 300 Å². The molecule has 0 amide bonds. The van der Waals surface area contributed by atoms with Gasteiger partial charge in [0.15, 0.2) is 0 Å². The van der Waals surface area contributed by atoms with Crippen LogP contribution in [-0.2, 0) is 0 Å². The summed E-state index contributed by atoms with van der Waals surface area (Å²) in [6, 6.07) is 61.3. The largest absolute Gasteiger partial charge is 0.264 e. The third-order valence-electron chi connectivity index (χ3n) is 10.0. The Balaban J connectivity index is 1.06. The molecule has 0 unspecified atom stereocenters. The molecule has 2 aromatic heterocycles. The van der Waals surface area contributed by atoms with Crippen LogP contribution in [0.4, 0.5) is 0 Å². The minimum absolute atomic E-state index is 1.02. The lowest BCUT2D eigenvalue weighted by atomic mass is 9.92. The molecule has 0 aliphatic carbocycles. The fraction of sp³-hybridized carbons (Fsp3) is 0. The highest BCUT2D eigenvalue weighted by molar-refractivity contribution is 7.21. The fourth-order valence-electron chi connectivity index (χ4n) is 7.47. The normalized spacial score (nSPS) is 11.5. The van der Waals surface area contributed by atoms with E-state index in [0.29, 0.717) is 0 Å². The van der Waals surface area contributed by atoms with E-state index in [0.717, 1.165) is 27.0 Å². The lowest BCUT2D eigenvalue weighted by Crippen LogP contribution is -1.87. The Morgan fingerprint density at radius 1 is 0.373 bits per heavy atom. The van der Waals surface area contributed by atoms with Crippen LogP contribution in [0, 0.1) is 0 Å². The predicted octanol–water partition coefficient (Wildman–Crippen LogP) is 13.5. The molecule has 0 radical (unpaired) electrons. The van der Waals surface area contributed by atoms with Gasteiger partial charge in [-0.2, -0.15) is 0 Å². The second kappa shape index (κ2) is 12.2. The third kappa shape index (κ3) is 5.18. The van der Waals surface area contributed by atoms with Gasteiger partial charge in [0.2, 0.25) is 0 Å². The molecule has 51 heavy (non-hydrogen) atoms. The zero-order valence-electron chi connectivity index (χ0n) is 27.6. The summed E-state index contributed by atoms with van der Waals surface area (Å²) in [4.78, 5) is 9.64. The molecule has 0 saturated carbocycles. The molecule has 0 fully saturated rings. The lowest BCUT2D eigenvalue weighted by molar-refractivity contribution is 1.36. The summed E-state index contributed by atoms with van der Waals surface area (Å²) < 4.78 is 1.18. The smallest absolute Gasteiger partial charge is 0.124 e. The molecule has 10 aromatic rings. The van der Waals surface area contributed by atoms with E-state index in [1.54, 1.807) is 11.3 Å². The van der Waals surface area contributed by atoms with Gasteiger partial charge in [0.05, 0.1) is 10.2 Å². The second-order valence-electron chi connectivity index (χ2n) is 13.0. The van der Waals surface area contributed by atoms with Crippen molar-refractivity contribution in [3.63, 3.8) is 0 Å². The molecule has 0 atom stereocenters. The summed E-state index contributed by atoms with van der Waals surface area (Å²) in [5.41, 5.74) is 11.8. The molecule has 2 nitrogen and oxygen atoms in total. The number of rotatable bonds is 5. The molecule has 0 aliphatic heterocycles. The standard InChI is InChI=1S/C48H30N2S/c1-3-13-39-33(8-1)10-5-16-42(39)38-28-45(44-17-6-11-34-9-2-4-14-41(34)44)47-46(29-38)51-48(50-47)36-24-20-32(21-25-36)31-18-22-35(23-19-31)40-15-7-12-37-30-49-27-26-43(37)40/h1-30H. The number of fused-ring (bicyclic) bond motifs is 4. The highest BCUT2D eigenvalue weighted by Gasteiger charge is 2.17. The molecule has 2 heterocycles. The molecule has 10 rings (SSSR count). The summed E-state index contributed by atoms with van der Waals surface area (Å²) in [6.07, 6.45) is 3.79. The van der Waals surface area contributed by atoms with Gasteiger partial charge in [-0.1, -0.05) is 152 Å². The van der Waals surface area contributed by atoms with Gasteiger partial charge in [0, 0.05) is 28.9 Å². The molecule has 238 valence electrons. The van der Waals surface area contributed by atoms with Crippen molar-refractivity contribution < 1.29 is 0 Å². The van der Waals surface area contributed by atoms with E-state index in [-0.39, 0.29) is 0 Å². The summed E-state index contributed by atoms with van der Waals surface area (Å²) in [7, 11) is 0. The monoisotopic (exact) mass is 666 g/mol. The number of hydrogen-bond donors (Lipinski definition) is 0. The first-order valence-corrected chi connectivity index (χ1v) is 18.0. The van der Waals surface area contributed by atoms with Crippen molar-refractivity contribution in [1.29, 1.82) is 0 Å². The van der Waals surface area contributed by atoms with Crippen LogP contribution in [0.1, 0.15) is 0 Å². The van der Waals surface area contributed by atoms with Crippen LogP contribution in [-0.4, -0.2) is 9.97 Å². The molecule has 0 bridgehead atoms. The van der Waals surface area contributed by atoms with E-state index < -0.39 is 0 Å². The van der Waals surface area contributed by atoms with Crippen LogP contribution in [0.25, 0.3) is 97.6 Å². The average Bonchev–Trinajstić information content (AvgIpc) is 3.65. The minimum Gasteiger partial charge on any atom is -0.264 e. The highest BCUT2D eigenvalue weighted by Crippen LogP contribution is 2.42. The fourth-order valence-corrected chi connectivity index (χ4v) is 8.51. The van der Waals surface area contributed by atoms with Gasteiger partial charge < -0.3 is 0 Å². The Hall–Kier alpha value is -6.42. The zero-order chi connectivity index (χ0) is 33.7. The maximum atomic E-state index is 5.35. The second-order valence-corrected chi connectivity index (χ2v) is 14.0. The van der Waals surface area contributed by atoms with Gasteiger partial charge in [-0.3, -0.25) is 4.98 Å². The van der Waals surface area contributed by atoms with Crippen molar-refractivity contribution >= 4 is 53.9 Å². The van der Waals surface area contributed by atoms with Crippen molar-refractivity contribution in [1.82, 2.24) is 9.97 Å². The minimum atomic E-state index is 1.02. The number of thiazole rings is 1. The summed E-state index contributed by atoms with van der Waals surface area (Å²) in [6.45, 7) is 0. The molecule has 3 heteroatoms. The Morgan fingerprint density at radius 3 is 1.61 bits per heavy atom. The Bertz CT molecular complexity index is 2890. The number of nitrogens with zero attached hydrogens (tertiary/aromatic N) is 2. The maximum absolute atomic E-state index is 5.35. The van der Waals surface area contributed by atoms with Crippen LogP contribution >= 0.6 is 11.3 Å². The quantitative estimate of drug-likeness (QED) is 0.183. The molecular weight excluding hydrogens is 637 g/mol. The first-order chi connectivity index (χ1) is 25.3. The van der Waals surface area contributed by atoms with Crippen molar-refractivity contribution in [2.24, 2.45) is 0 Å². The van der Waals surface area contributed by atoms with E-state index in [1.165, 1.54) is 70.6 Å². The summed E-state index contributed by atoms with van der Waals surface area (Å²) >= 11 is 1.77. The van der Waals surface area contributed by atoms with Crippen molar-refractivity contribution in [2.45, 2.75) is 0 Å². The number of aromatic nitrogens is 2. The van der Waals surface area contributed by atoms with E-state index in [1.807, 2.05) is 12.4 Å². The number of hydrogen-bond acceptors (Lipinski definition) is 3. The van der Waals surface area contributed by atoms with E-state index in [4.69, 9.17) is 4.98 Å². The molecule has 0 saturated heterocycles. The van der Waals surface area contributed by atoms with E-state index >= 15 is 0 Å². The van der Waals surface area contributed by atoms with Crippen LogP contribution in [0.15, 0.2) is 182 Å². The SMILES string of the molecule is c1ccc2c(-c3cc(-c4cccc5ccccc45)c4nc(-c5ccc(-c6ccc(-c7cccc8cnccc78)cc6)cc5)sc4c3)cccc2c1. The maximum Gasteiger partial charge on any atom is 0.124 e. The van der Waals surface area contributed by atoms with Crippen LogP contribution in [0.5, 0.6) is 0 Å². The van der Waals surface area contributed by atoms with Gasteiger partial charge in [0.1, 0.15) is 5.01 Å². The van der Waals surface area contributed by atoms with Gasteiger partial charge in [-0.25, -0.2) is 4.98 Å². The molecule has 8 aromatic carbocycles. The average molecular weight is 667 g/mol. The van der Waals surface area contributed by atoms with Crippen molar-refractivity contribution in [3.05, 3.63) is 182 Å². The van der Waals surface area contributed by atoms with E-state index in [9.17, 15) is 0 Å². The molecule has 0 spiro atoms. The van der Waals surface area contributed by atoms with Crippen molar-refractivity contribution in [2.75, 3.05) is 0 Å². The van der Waals surface area contributed by atoms with Crippen molar-refractivity contribution in [3.8, 4) is 55.1 Å². The first kappa shape index (κ1) is 29.5. The van der Waals surface area contributed by atoms with Crippen LogP contribution < -0.4 is 0 Å². The molecule has 0 aliphatic rings. The Kier molecular flexibility index (Phi) is 7.04. The Morgan fingerprint density at radius 2 is 0.902 bits per heavy atom. The summed E-state index contributed by atoms with van der Waals surface area (Å²) in [5, 5.41) is 8.35. The van der Waals surface area contributed by atoms with Gasteiger partial charge in [0.25, 0.3) is 0 Å². The van der Waals surface area contributed by atoms with E-state index in [2.05, 4.69) is 175 Å². The lowest BCUT2D eigenvalue weighted by Gasteiger charge is -2.12. The highest BCUT2D eigenvalue weighted by atomic mass is 32.1. The third-order valence-corrected chi connectivity index (χ3v) is 11.1. The number of pyridine rings is 1. The van der Waals surface area contributed by atoms with Gasteiger partial charge in [-0.05, 0) is 84.1 Å². The molecular formula is C48H30N2S. The first-order valence-electron chi connectivity index (χ1n) is 17.2. The zero-order valence-corrected chi connectivity index (χ0v) is 28.4. The van der Waals surface area contributed by atoms with Gasteiger partial charge in [-0.15, -0.1) is 11.3 Å².